The van der Waals surface area contributed by atoms with Crippen molar-refractivity contribution in [2.75, 3.05) is 6.54 Å². The molecular weight excluding hydrogens is 256 g/mol. The van der Waals surface area contributed by atoms with Crippen LogP contribution in [0.1, 0.15) is 36.5 Å². The number of nitrogens with zero attached hydrogens (tertiary/aromatic N) is 1. The molecule has 1 amide bonds. The SMILES string of the molecule is CCCCCNC(=O)c1ccc(Br)nc1. The normalized spacial score (nSPS) is 10.0. The lowest BCUT2D eigenvalue weighted by Gasteiger charge is -2.03. The van der Waals surface area contributed by atoms with E-state index in [1.54, 1.807) is 18.3 Å². The number of unbranched alkanes of at least 4 members (excludes halogenated alkanes) is 2. The van der Waals surface area contributed by atoms with Gasteiger partial charge in [-0.1, -0.05) is 19.8 Å². The number of rotatable bonds is 5. The molecule has 1 N–H and O–H groups in total. The zero-order valence-corrected chi connectivity index (χ0v) is 10.4. The second-order valence-electron chi connectivity index (χ2n) is 3.33. The summed E-state index contributed by atoms with van der Waals surface area (Å²) in [5.41, 5.74) is 0.606. The topological polar surface area (TPSA) is 42.0 Å². The maximum Gasteiger partial charge on any atom is 0.252 e. The Kier molecular flexibility index (Phi) is 5.32. The fraction of sp³-hybridized carbons (Fsp3) is 0.455. The van der Waals surface area contributed by atoms with Crippen LogP contribution in [0.15, 0.2) is 22.9 Å². The van der Waals surface area contributed by atoms with Crippen molar-refractivity contribution in [2.24, 2.45) is 0 Å². The molecule has 0 aliphatic heterocycles. The third-order valence-corrected chi connectivity index (χ3v) is 2.52. The molecule has 15 heavy (non-hydrogen) atoms. The van der Waals surface area contributed by atoms with Crippen molar-refractivity contribution in [1.29, 1.82) is 0 Å². The van der Waals surface area contributed by atoms with Crippen LogP contribution in [0, 0.1) is 0 Å². The number of amides is 1. The van der Waals surface area contributed by atoms with E-state index in [2.05, 4.69) is 33.2 Å². The van der Waals surface area contributed by atoms with Gasteiger partial charge >= 0.3 is 0 Å². The molecular formula is C11H15BrN2O. The highest BCUT2D eigenvalue weighted by Gasteiger charge is 2.04. The van der Waals surface area contributed by atoms with Gasteiger partial charge < -0.3 is 5.32 Å². The first-order valence-electron chi connectivity index (χ1n) is 5.13. The van der Waals surface area contributed by atoms with Crippen molar-refractivity contribution in [3.63, 3.8) is 0 Å². The molecule has 0 saturated carbocycles. The summed E-state index contributed by atoms with van der Waals surface area (Å²) < 4.78 is 0.741. The van der Waals surface area contributed by atoms with E-state index in [4.69, 9.17) is 0 Å². The molecule has 3 nitrogen and oxygen atoms in total. The molecule has 0 fully saturated rings. The minimum absolute atomic E-state index is 0.0499. The molecule has 0 bridgehead atoms. The van der Waals surface area contributed by atoms with Gasteiger partial charge in [0.2, 0.25) is 0 Å². The molecule has 1 rings (SSSR count). The first-order chi connectivity index (χ1) is 7.24. The standard InChI is InChI=1S/C11H15BrN2O/c1-2-3-4-7-13-11(15)9-5-6-10(12)14-8-9/h5-6,8H,2-4,7H2,1H3,(H,13,15). The van der Waals surface area contributed by atoms with Crippen LogP contribution in [-0.2, 0) is 0 Å². The van der Waals surface area contributed by atoms with E-state index < -0.39 is 0 Å². The molecule has 0 saturated heterocycles. The van der Waals surface area contributed by atoms with Gasteiger partial charge in [-0.05, 0) is 34.5 Å². The predicted molar refractivity (Wildman–Crippen MR) is 63.8 cm³/mol. The van der Waals surface area contributed by atoms with Crippen LogP contribution in [0.4, 0.5) is 0 Å². The molecule has 1 aromatic rings. The number of nitrogens with one attached hydrogen (secondary N) is 1. The lowest BCUT2D eigenvalue weighted by Crippen LogP contribution is -2.24. The summed E-state index contributed by atoms with van der Waals surface area (Å²) in [7, 11) is 0. The summed E-state index contributed by atoms with van der Waals surface area (Å²) in [6.45, 7) is 2.88. The van der Waals surface area contributed by atoms with Crippen LogP contribution in [0.3, 0.4) is 0 Å². The second kappa shape index (κ2) is 6.56. The van der Waals surface area contributed by atoms with E-state index in [1.165, 1.54) is 0 Å². The van der Waals surface area contributed by atoms with Gasteiger partial charge in [-0.3, -0.25) is 4.79 Å². The lowest BCUT2D eigenvalue weighted by molar-refractivity contribution is 0.0952. The largest absolute Gasteiger partial charge is 0.352 e. The summed E-state index contributed by atoms with van der Waals surface area (Å²) in [6.07, 6.45) is 4.92. The molecule has 4 heteroatoms. The highest BCUT2D eigenvalue weighted by atomic mass is 79.9. The Hall–Kier alpha value is -0.900. The quantitative estimate of drug-likeness (QED) is 0.661. The van der Waals surface area contributed by atoms with Crippen molar-refractivity contribution in [2.45, 2.75) is 26.2 Å². The van der Waals surface area contributed by atoms with Crippen molar-refractivity contribution < 1.29 is 4.79 Å². The maximum absolute atomic E-state index is 11.6. The summed E-state index contributed by atoms with van der Waals surface area (Å²) in [6, 6.07) is 3.52. The molecule has 82 valence electrons. The Labute approximate surface area is 98.4 Å². The van der Waals surface area contributed by atoms with Crippen LogP contribution in [0.2, 0.25) is 0 Å². The summed E-state index contributed by atoms with van der Waals surface area (Å²) in [4.78, 5) is 15.6. The van der Waals surface area contributed by atoms with Gasteiger partial charge in [0.05, 0.1) is 5.56 Å². The van der Waals surface area contributed by atoms with E-state index in [9.17, 15) is 4.79 Å². The van der Waals surface area contributed by atoms with Crippen LogP contribution in [0.25, 0.3) is 0 Å². The molecule has 0 aromatic carbocycles. The van der Waals surface area contributed by atoms with E-state index in [1.807, 2.05) is 0 Å². The first-order valence-corrected chi connectivity index (χ1v) is 5.93. The number of halogens is 1. The molecule has 0 spiro atoms. The number of pyridine rings is 1. The van der Waals surface area contributed by atoms with Crippen LogP contribution < -0.4 is 5.32 Å². The monoisotopic (exact) mass is 270 g/mol. The Morgan fingerprint density at radius 3 is 2.87 bits per heavy atom. The number of hydrogen-bond acceptors (Lipinski definition) is 2. The summed E-state index contributed by atoms with van der Waals surface area (Å²) in [5, 5.41) is 2.86. The highest BCUT2D eigenvalue weighted by molar-refractivity contribution is 9.10. The molecule has 0 aliphatic carbocycles. The van der Waals surface area contributed by atoms with Crippen LogP contribution in [-0.4, -0.2) is 17.4 Å². The first kappa shape index (κ1) is 12.2. The highest BCUT2D eigenvalue weighted by Crippen LogP contribution is 2.06. The minimum Gasteiger partial charge on any atom is -0.352 e. The van der Waals surface area contributed by atoms with Crippen molar-refractivity contribution in [3.8, 4) is 0 Å². The third-order valence-electron chi connectivity index (χ3n) is 2.06. The smallest absolute Gasteiger partial charge is 0.252 e. The number of carbonyl (C=O) groups excluding carboxylic acids is 1. The van der Waals surface area contributed by atoms with E-state index in [0.29, 0.717) is 5.56 Å². The van der Waals surface area contributed by atoms with E-state index in [0.717, 1.165) is 30.4 Å². The van der Waals surface area contributed by atoms with E-state index >= 15 is 0 Å². The van der Waals surface area contributed by atoms with Crippen molar-refractivity contribution in [3.05, 3.63) is 28.5 Å². The Balaban J connectivity index is 2.37. The number of aromatic nitrogens is 1. The minimum atomic E-state index is -0.0499. The maximum atomic E-state index is 11.6. The summed E-state index contributed by atoms with van der Waals surface area (Å²) in [5.74, 6) is -0.0499. The second-order valence-corrected chi connectivity index (χ2v) is 4.15. The third kappa shape index (κ3) is 4.42. The number of carbonyl (C=O) groups is 1. The van der Waals surface area contributed by atoms with Crippen LogP contribution in [0.5, 0.6) is 0 Å². The Bertz CT molecular complexity index is 311. The fourth-order valence-electron chi connectivity index (χ4n) is 1.19. The van der Waals surface area contributed by atoms with Crippen molar-refractivity contribution >= 4 is 21.8 Å². The number of hydrogen-bond donors (Lipinski definition) is 1. The molecule has 1 aromatic heterocycles. The molecule has 0 radical (unpaired) electrons. The lowest BCUT2D eigenvalue weighted by atomic mass is 10.2. The van der Waals surface area contributed by atoms with Gasteiger partial charge in [0, 0.05) is 12.7 Å². The predicted octanol–water partition coefficient (Wildman–Crippen LogP) is 2.76. The van der Waals surface area contributed by atoms with Gasteiger partial charge in [0.25, 0.3) is 5.91 Å². The average Bonchev–Trinajstić information content (AvgIpc) is 2.25. The van der Waals surface area contributed by atoms with E-state index in [-0.39, 0.29) is 5.91 Å². The molecule has 0 unspecified atom stereocenters. The molecule has 1 heterocycles. The zero-order valence-electron chi connectivity index (χ0n) is 8.79. The Morgan fingerprint density at radius 1 is 1.47 bits per heavy atom. The van der Waals surface area contributed by atoms with Crippen LogP contribution >= 0.6 is 15.9 Å². The van der Waals surface area contributed by atoms with Gasteiger partial charge in [0.15, 0.2) is 0 Å². The molecule has 0 atom stereocenters. The van der Waals surface area contributed by atoms with Gasteiger partial charge in [-0.25, -0.2) is 4.98 Å². The molecule has 0 aliphatic rings. The average molecular weight is 271 g/mol. The Morgan fingerprint density at radius 2 is 2.27 bits per heavy atom. The fourth-order valence-corrected chi connectivity index (χ4v) is 1.42. The summed E-state index contributed by atoms with van der Waals surface area (Å²) >= 11 is 3.22. The van der Waals surface area contributed by atoms with Gasteiger partial charge in [0.1, 0.15) is 4.60 Å². The van der Waals surface area contributed by atoms with Gasteiger partial charge in [-0.15, -0.1) is 0 Å². The van der Waals surface area contributed by atoms with Crippen molar-refractivity contribution in [1.82, 2.24) is 10.3 Å². The zero-order chi connectivity index (χ0) is 11.1. The van der Waals surface area contributed by atoms with Gasteiger partial charge in [-0.2, -0.15) is 0 Å².